The molecule has 0 heterocycles. The van der Waals surface area contributed by atoms with Crippen LogP contribution in [0.15, 0.2) is 42.5 Å². The molecule has 0 bridgehead atoms. The van der Waals surface area contributed by atoms with E-state index in [2.05, 4.69) is 19.1 Å². The number of ether oxygens (including phenoxy) is 1. The predicted octanol–water partition coefficient (Wildman–Crippen LogP) is 3.78. The molecular formula is C15H18O2. The average Bonchev–Trinajstić information content (AvgIpc) is 2.37. The number of benzene rings is 1. The molecule has 0 saturated heterocycles. The van der Waals surface area contributed by atoms with Gasteiger partial charge in [0.1, 0.15) is 11.5 Å². The number of phenols is 1. The van der Waals surface area contributed by atoms with E-state index in [-0.39, 0.29) is 5.92 Å². The molecule has 0 radical (unpaired) electrons. The molecule has 1 aromatic rings. The first-order valence-electron chi connectivity index (χ1n) is 6.10. The fraction of sp³-hybridized carbons (Fsp3) is 0.333. The van der Waals surface area contributed by atoms with Gasteiger partial charge in [0.2, 0.25) is 0 Å². The van der Waals surface area contributed by atoms with Gasteiger partial charge in [-0.1, -0.05) is 37.3 Å². The zero-order chi connectivity index (χ0) is 12.1. The third kappa shape index (κ3) is 2.90. The monoisotopic (exact) mass is 230 g/mol. The van der Waals surface area contributed by atoms with Gasteiger partial charge in [-0.3, -0.25) is 0 Å². The van der Waals surface area contributed by atoms with Crippen molar-refractivity contribution < 1.29 is 9.84 Å². The number of aromatic hydroxyl groups is 1. The number of hydrogen-bond acceptors (Lipinski definition) is 2. The van der Waals surface area contributed by atoms with E-state index in [9.17, 15) is 5.11 Å². The Hall–Kier alpha value is -1.70. The van der Waals surface area contributed by atoms with E-state index in [1.54, 1.807) is 6.07 Å². The molecule has 1 aliphatic rings. The minimum atomic E-state index is 0.278. The highest BCUT2D eigenvalue weighted by atomic mass is 16.5. The first-order chi connectivity index (χ1) is 8.31. The minimum Gasteiger partial charge on any atom is -0.508 e. The highest BCUT2D eigenvalue weighted by molar-refractivity contribution is 5.44. The number of rotatable bonds is 4. The molecular weight excluding hydrogens is 212 g/mol. The summed E-state index contributed by atoms with van der Waals surface area (Å²) in [6.45, 7) is 2.75. The van der Waals surface area contributed by atoms with Crippen molar-refractivity contribution in [2.24, 2.45) is 0 Å². The summed E-state index contributed by atoms with van der Waals surface area (Å²) in [6.07, 6.45) is 10.2. The normalized spacial score (nSPS) is 18.3. The Kier molecular flexibility index (Phi) is 3.86. The molecule has 1 atom stereocenters. The van der Waals surface area contributed by atoms with E-state index >= 15 is 0 Å². The first kappa shape index (κ1) is 11.8. The number of hydrogen-bond donors (Lipinski definition) is 1. The van der Waals surface area contributed by atoms with Crippen molar-refractivity contribution >= 4 is 0 Å². The summed E-state index contributed by atoms with van der Waals surface area (Å²) < 4.78 is 5.49. The Labute approximate surface area is 102 Å². The van der Waals surface area contributed by atoms with Crippen LogP contribution in [0.3, 0.4) is 0 Å². The highest BCUT2D eigenvalue weighted by Crippen LogP contribution is 2.33. The van der Waals surface area contributed by atoms with Gasteiger partial charge < -0.3 is 9.84 Å². The summed E-state index contributed by atoms with van der Waals surface area (Å²) in [5.41, 5.74) is 0.967. The molecule has 0 fully saturated rings. The van der Waals surface area contributed by atoms with Crippen LogP contribution in [0, 0.1) is 0 Å². The summed E-state index contributed by atoms with van der Waals surface area (Å²) in [7, 11) is 0. The standard InChI is InChI=1S/C15H18O2/c1-2-10-17-13-8-9-14(15(16)11-13)12-6-4-3-5-7-12/h3-6,8-9,11-12,16H,2,7,10H2,1H3. The summed E-state index contributed by atoms with van der Waals surface area (Å²) in [6, 6.07) is 5.59. The van der Waals surface area contributed by atoms with Crippen LogP contribution in [-0.4, -0.2) is 11.7 Å². The van der Waals surface area contributed by atoms with Crippen molar-refractivity contribution in [1.29, 1.82) is 0 Å². The third-order valence-electron chi connectivity index (χ3n) is 2.85. The largest absolute Gasteiger partial charge is 0.508 e. The van der Waals surface area contributed by atoms with E-state index in [0.717, 1.165) is 24.2 Å². The molecule has 90 valence electrons. The van der Waals surface area contributed by atoms with Crippen LogP contribution in [0.25, 0.3) is 0 Å². The van der Waals surface area contributed by atoms with Gasteiger partial charge in [-0.15, -0.1) is 0 Å². The lowest BCUT2D eigenvalue weighted by atomic mass is 9.92. The Balaban J connectivity index is 2.13. The van der Waals surface area contributed by atoms with Gasteiger partial charge in [0.05, 0.1) is 6.61 Å². The van der Waals surface area contributed by atoms with Crippen LogP contribution in [-0.2, 0) is 0 Å². The maximum absolute atomic E-state index is 10.0. The van der Waals surface area contributed by atoms with Crippen LogP contribution in [0.5, 0.6) is 11.5 Å². The maximum Gasteiger partial charge on any atom is 0.123 e. The molecule has 0 aromatic heterocycles. The van der Waals surface area contributed by atoms with E-state index < -0.39 is 0 Å². The number of allylic oxidation sites excluding steroid dienone is 4. The molecule has 0 saturated carbocycles. The molecule has 2 heteroatoms. The predicted molar refractivity (Wildman–Crippen MR) is 69.5 cm³/mol. The zero-order valence-corrected chi connectivity index (χ0v) is 10.1. The van der Waals surface area contributed by atoms with Crippen LogP contribution in [0.2, 0.25) is 0 Å². The highest BCUT2D eigenvalue weighted by Gasteiger charge is 2.13. The molecule has 2 nitrogen and oxygen atoms in total. The summed E-state index contributed by atoms with van der Waals surface area (Å²) in [5, 5.41) is 10.0. The van der Waals surface area contributed by atoms with Crippen molar-refractivity contribution in [3.63, 3.8) is 0 Å². The minimum absolute atomic E-state index is 0.278. The second kappa shape index (κ2) is 5.58. The van der Waals surface area contributed by atoms with Gasteiger partial charge in [0.25, 0.3) is 0 Å². The van der Waals surface area contributed by atoms with Gasteiger partial charge in [-0.2, -0.15) is 0 Å². The van der Waals surface area contributed by atoms with Gasteiger partial charge in [-0.25, -0.2) is 0 Å². The molecule has 0 spiro atoms. The second-order valence-corrected chi connectivity index (χ2v) is 4.22. The van der Waals surface area contributed by atoms with Gasteiger partial charge in [-0.05, 0) is 18.9 Å². The average molecular weight is 230 g/mol. The maximum atomic E-state index is 10.0. The molecule has 1 N–H and O–H groups in total. The van der Waals surface area contributed by atoms with Gasteiger partial charge >= 0.3 is 0 Å². The van der Waals surface area contributed by atoms with Crippen molar-refractivity contribution in [2.45, 2.75) is 25.7 Å². The molecule has 17 heavy (non-hydrogen) atoms. The van der Waals surface area contributed by atoms with Gasteiger partial charge in [0.15, 0.2) is 0 Å². The smallest absolute Gasteiger partial charge is 0.123 e. The molecule has 1 aliphatic carbocycles. The second-order valence-electron chi connectivity index (χ2n) is 4.22. The van der Waals surface area contributed by atoms with E-state index in [1.807, 2.05) is 24.3 Å². The third-order valence-corrected chi connectivity index (χ3v) is 2.85. The van der Waals surface area contributed by atoms with E-state index in [0.29, 0.717) is 12.4 Å². The van der Waals surface area contributed by atoms with Crippen molar-refractivity contribution in [2.75, 3.05) is 6.61 Å². The fourth-order valence-corrected chi connectivity index (χ4v) is 1.96. The summed E-state index contributed by atoms with van der Waals surface area (Å²) in [4.78, 5) is 0. The van der Waals surface area contributed by atoms with Crippen molar-refractivity contribution in [3.8, 4) is 11.5 Å². The molecule has 2 rings (SSSR count). The number of phenolic OH excluding ortho intramolecular Hbond substituents is 1. The molecule has 0 aliphatic heterocycles. The van der Waals surface area contributed by atoms with E-state index in [4.69, 9.17) is 4.74 Å². The Bertz CT molecular complexity index is 433. The fourth-order valence-electron chi connectivity index (χ4n) is 1.96. The lowest BCUT2D eigenvalue weighted by molar-refractivity contribution is 0.315. The van der Waals surface area contributed by atoms with Crippen molar-refractivity contribution in [1.82, 2.24) is 0 Å². The van der Waals surface area contributed by atoms with Crippen LogP contribution in [0.1, 0.15) is 31.2 Å². The topological polar surface area (TPSA) is 29.5 Å². The lowest BCUT2D eigenvalue weighted by Crippen LogP contribution is -1.99. The lowest BCUT2D eigenvalue weighted by Gasteiger charge is -2.16. The molecule has 0 amide bonds. The SMILES string of the molecule is CCCOc1ccc(C2C=CC=CC2)c(O)c1. The first-order valence-corrected chi connectivity index (χ1v) is 6.10. The Morgan fingerprint density at radius 1 is 1.35 bits per heavy atom. The summed E-state index contributed by atoms with van der Waals surface area (Å²) in [5.74, 6) is 1.34. The molecule has 1 unspecified atom stereocenters. The Morgan fingerprint density at radius 3 is 2.88 bits per heavy atom. The van der Waals surface area contributed by atoms with Crippen LogP contribution >= 0.6 is 0 Å². The summed E-state index contributed by atoms with van der Waals surface area (Å²) >= 11 is 0. The van der Waals surface area contributed by atoms with Crippen LogP contribution < -0.4 is 4.74 Å². The van der Waals surface area contributed by atoms with Crippen molar-refractivity contribution in [3.05, 3.63) is 48.1 Å². The van der Waals surface area contributed by atoms with E-state index in [1.165, 1.54) is 0 Å². The Morgan fingerprint density at radius 2 is 2.24 bits per heavy atom. The van der Waals surface area contributed by atoms with Crippen LogP contribution in [0.4, 0.5) is 0 Å². The quantitative estimate of drug-likeness (QED) is 0.853. The molecule has 1 aromatic carbocycles. The zero-order valence-electron chi connectivity index (χ0n) is 10.1. The van der Waals surface area contributed by atoms with Gasteiger partial charge in [0, 0.05) is 17.5 Å².